The number of ether oxygens (including phenoxy) is 1. The molecule has 4 heterocycles. The summed E-state index contributed by atoms with van der Waals surface area (Å²) in [6.07, 6.45) is 3.94. The fourth-order valence-corrected chi connectivity index (χ4v) is 3.22. The Kier molecular flexibility index (Phi) is 3.76. The Morgan fingerprint density at radius 3 is 2.69 bits per heavy atom. The number of furan rings is 1. The topological polar surface area (TPSA) is 126 Å². The standard InChI is InChI=1S/C19H15N7O3/c1-28-12-6-4-11(5-7-12)14(10-27)25-18-13(9-21-25)17-22-16(15-3-2-8-29-15)24-26(17)19(20)23-18/h2-10,14H,1H3,(H2,20,23). The van der Waals surface area contributed by atoms with Crippen LogP contribution in [0.5, 0.6) is 5.75 Å². The summed E-state index contributed by atoms with van der Waals surface area (Å²) in [5.41, 5.74) is 7.76. The fourth-order valence-electron chi connectivity index (χ4n) is 3.22. The number of nitrogens with two attached hydrogens (primary N) is 1. The van der Waals surface area contributed by atoms with Crippen LogP contribution in [0.1, 0.15) is 11.6 Å². The van der Waals surface area contributed by atoms with Crippen LogP contribution < -0.4 is 10.5 Å². The number of methoxy groups -OCH3 is 1. The second-order valence-corrected chi connectivity index (χ2v) is 6.30. The van der Waals surface area contributed by atoms with Gasteiger partial charge in [-0.25, -0.2) is 9.67 Å². The molecular weight excluding hydrogens is 374 g/mol. The summed E-state index contributed by atoms with van der Waals surface area (Å²) in [4.78, 5) is 20.8. The molecule has 10 nitrogen and oxygen atoms in total. The van der Waals surface area contributed by atoms with E-state index in [-0.39, 0.29) is 5.95 Å². The lowest BCUT2D eigenvalue weighted by molar-refractivity contribution is -0.109. The molecule has 0 saturated carbocycles. The average molecular weight is 389 g/mol. The lowest BCUT2D eigenvalue weighted by atomic mass is 10.1. The van der Waals surface area contributed by atoms with Crippen molar-refractivity contribution in [2.24, 2.45) is 0 Å². The third-order valence-corrected chi connectivity index (χ3v) is 4.65. The number of hydrogen-bond donors (Lipinski definition) is 1. The van der Waals surface area contributed by atoms with Crippen molar-refractivity contribution < 1.29 is 13.9 Å². The maximum absolute atomic E-state index is 11.9. The van der Waals surface area contributed by atoms with Crippen molar-refractivity contribution in [3.63, 3.8) is 0 Å². The lowest BCUT2D eigenvalue weighted by Crippen LogP contribution is -2.15. The Hall–Kier alpha value is -4.21. The predicted octanol–water partition coefficient (Wildman–Crippen LogP) is 2.11. The zero-order valence-corrected chi connectivity index (χ0v) is 15.3. The SMILES string of the molecule is COc1ccc(C(C=O)n2ncc3c2nc(N)n2nc(-c4ccco4)nc32)cc1. The van der Waals surface area contributed by atoms with Gasteiger partial charge in [-0.05, 0) is 29.8 Å². The van der Waals surface area contributed by atoms with Crippen molar-refractivity contribution in [2.45, 2.75) is 6.04 Å². The van der Waals surface area contributed by atoms with E-state index < -0.39 is 6.04 Å². The molecule has 10 heteroatoms. The largest absolute Gasteiger partial charge is 0.497 e. The van der Waals surface area contributed by atoms with Crippen LogP contribution in [0.3, 0.4) is 0 Å². The van der Waals surface area contributed by atoms with Crippen molar-refractivity contribution in [3.8, 4) is 17.3 Å². The molecule has 1 atom stereocenters. The van der Waals surface area contributed by atoms with Crippen LogP contribution in [0, 0.1) is 0 Å². The highest BCUT2D eigenvalue weighted by molar-refractivity contribution is 5.91. The maximum Gasteiger partial charge on any atom is 0.225 e. The maximum atomic E-state index is 11.9. The molecule has 1 aromatic carbocycles. The van der Waals surface area contributed by atoms with Crippen LogP contribution in [0.15, 0.2) is 53.3 Å². The van der Waals surface area contributed by atoms with Gasteiger partial charge in [-0.3, -0.25) is 0 Å². The van der Waals surface area contributed by atoms with Gasteiger partial charge in [-0.15, -0.1) is 5.10 Å². The van der Waals surface area contributed by atoms with E-state index >= 15 is 0 Å². The highest BCUT2D eigenvalue weighted by atomic mass is 16.5. The predicted molar refractivity (Wildman–Crippen MR) is 103 cm³/mol. The number of nitrogens with zero attached hydrogens (tertiary/aromatic N) is 6. The van der Waals surface area contributed by atoms with Crippen LogP contribution in [-0.4, -0.2) is 42.8 Å². The Morgan fingerprint density at radius 2 is 2.00 bits per heavy atom. The molecule has 0 amide bonds. The number of carbonyl (C=O) groups excluding carboxylic acids is 1. The minimum Gasteiger partial charge on any atom is -0.497 e. The number of benzene rings is 1. The van der Waals surface area contributed by atoms with Crippen LogP contribution in [-0.2, 0) is 4.79 Å². The van der Waals surface area contributed by atoms with Crippen LogP contribution in [0.2, 0.25) is 0 Å². The zero-order chi connectivity index (χ0) is 20.0. The molecule has 4 aromatic heterocycles. The van der Waals surface area contributed by atoms with Crippen LogP contribution in [0.4, 0.5) is 5.95 Å². The van der Waals surface area contributed by atoms with Gasteiger partial charge in [-0.1, -0.05) is 12.1 Å². The quantitative estimate of drug-likeness (QED) is 0.453. The summed E-state index contributed by atoms with van der Waals surface area (Å²) >= 11 is 0. The molecule has 0 saturated heterocycles. The summed E-state index contributed by atoms with van der Waals surface area (Å²) in [7, 11) is 1.58. The Labute approximate surface area is 163 Å². The van der Waals surface area contributed by atoms with E-state index in [1.807, 2.05) is 0 Å². The molecule has 5 aromatic rings. The first-order valence-corrected chi connectivity index (χ1v) is 8.72. The third kappa shape index (κ3) is 2.61. The fraction of sp³-hybridized carbons (Fsp3) is 0.105. The van der Waals surface area contributed by atoms with Gasteiger partial charge in [0, 0.05) is 0 Å². The van der Waals surface area contributed by atoms with Crippen molar-refractivity contribution in [2.75, 3.05) is 12.8 Å². The van der Waals surface area contributed by atoms with Gasteiger partial charge in [0.25, 0.3) is 0 Å². The molecular formula is C19H15N7O3. The molecule has 0 spiro atoms. The number of anilines is 1. The van der Waals surface area contributed by atoms with E-state index in [1.165, 1.54) is 9.20 Å². The normalized spacial score (nSPS) is 12.4. The Bertz CT molecular complexity index is 1320. The second kappa shape index (κ2) is 6.44. The molecule has 0 radical (unpaired) electrons. The van der Waals surface area contributed by atoms with E-state index in [9.17, 15) is 4.79 Å². The first kappa shape index (κ1) is 16.9. The van der Waals surface area contributed by atoms with Gasteiger partial charge in [0.2, 0.25) is 11.8 Å². The first-order valence-electron chi connectivity index (χ1n) is 8.72. The summed E-state index contributed by atoms with van der Waals surface area (Å²) < 4.78 is 13.5. The molecule has 1 unspecified atom stereocenters. The number of rotatable bonds is 5. The summed E-state index contributed by atoms with van der Waals surface area (Å²) in [5.74, 6) is 1.71. The Balaban J connectivity index is 1.67. The summed E-state index contributed by atoms with van der Waals surface area (Å²) in [6.45, 7) is 0. The highest BCUT2D eigenvalue weighted by Gasteiger charge is 2.22. The number of aromatic nitrogens is 6. The number of aldehydes is 1. The molecule has 2 N–H and O–H groups in total. The number of carbonyl (C=O) groups is 1. The van der Waals surface area contributed by atoms with E-state index in [1.54, 1.807) is 56.0 Å². The van der Waals surface area contributed by atoms with E-state index in [0.717, 1.165) is 11.8 Å². The van der Waals surface area contributed by atoms with Gasteiger partial charge >= 0.3 is 0 Å². The Morgan fingerprint density at radius 1 is 1.17 bits per heavy atom. The first-order chi connectivity index (χ1) is 14.2. The van der Waals surface area contributed by atoms with Crippen molar-refractivity contribution in [3.05, 3.63) is 54.4 Å². The second-order valence-electron chi connectivity index (χ2n) is 6.30. The van der Waals surface area contributed by atoms with Crippen molar-refractivity contribution >= 4 is 28.9 Å². The summed E-state index contributed by atoms with van der Waals surface area (Å²) in [6, 6.07) is 10.0. The summed E-state index contributed by atoms with van der Waals surface area (Å²) in [5, 5.41) is 9.36. The number of nitrogen functional groups attached to an aromatic ring is 1. The van der Waals surface area contributed by atoms with Crippen LogP contribution in [0.25, 0.3) is 28.3 Å². The third-order valence-electron chi connectivity index (χ3n) is 4.65. The molecule has 0 aliphatic heterocycles. The molecule has 5 rings (SSSR count). The van der Waals surface area contributed by atoms with Gasteiger partial charge < -0.3 is 19.7 Å². The molecule has 29 heavy (non-hydrogen) atoms. The minimum absolute atomic E-state index is 0.124. The van der Waals surface area contributed by atoms with Crippen molar-refractivity contribution in [1.29, 1.82) is 0 Å². The van der Waals surface area contributed by atoms with Crippen molar-refractivity contribution in [1.82, 2.24) is 29.4 Å². The minimum atomic E-state index is -0.680. The molecule has 0 aliphatic rings. The van der Waals surface area contributed by atoms with Gasteiger partial charge in [0.15, 0.2) is 17.1 Å². The van der Waals surface area contributed by atoms with Crippen LogP contribution >= 0.6 is 0 Å². The molecule has 0 bridgehead atoms. The molecule has 0 aliphatic carbocycles. The van der Waals surface area contributed by atoms with Gasteiger partial charge in [-0.2, -0.15) is 14.6 Å². The highest BCUT2D eigenvalue weighted by Crippen LogP contribution is 2.27. The van der Waals surface area contributed by atoms with E-state index in [2.05, 4.69) is 20.2 Å². The lowest BCUT2D eigenvalue weighted by Gasteiger charge is -2.13. The monoisotopic (exact) mass is 389 g/mol. The van der Waals surface area contributed by atoms with E-state index in [0.29, 0.717) is 34.0 Å². The molecule has 144 valence electrons. The average Bonchev–Trinajstić information content (AvgIpc) is 3.49. The number of fused-ring (bicyclic) bond motifs is 3. The molecule has 0 fully saturated rings. The number of hydrogen-bond acceptors (Lipinski definition) is 8. The van der Waals surface area contributed by atoms with Gasteiger partial charge in [0.1, 0.15) is 18.1 Å². The zero-order valence-electron chi connectivity index (χ0n) is 15.3. The van der Waals surface area contributed by atoms with Gasteiger partial charge in [0.05, 0.1) is 25.0 Å². The van der Waals surface area contributed by atoms with E-state index in [4.69, 9.17) is 14.9 Å². The smallest absolute Gasteiger partial charge is 0.225 e.